The molecule has 0 fully saturated rings. The van der Waals surface area contributed by atoms with Crippen molar-refractivity contribution in [3.8, 4) is 17.1 Å². The molecule has 0 radical (unpaired) electrons. The Labute approximate surface area is 209 Å². The normalized spacial score (nSPS) is 13.4. The number of aryl methyl sites for hydroxylation is 1. The lowest BCUT2D eigenvalue weighted by molar-refractivity contribution is 0.0684. The molecule has 7 heteroatoms. The Bertz CT molecular complexity index is 1400. The molecule has 176 valence electrons. The molecule has 1 aromatic heterocycles. The first-order chi connectivity index (χ1) is 16.8. The predicted molar refractivity (Wildman–Crippen MR) is 138 cm³/mol. The van der Waals surface area contributed by atoms with Crippen molar-refractivity contribution in [2.45, 2.75) is 38.3 Å². The van der Waals surface area contributed by atoms with Gasteiger partial charge in [-0.25, -0.2) is 0 Å². The molecule has 1 aliphatic rings. The van der Waals surface area contributed by atoms with Gasteiger partial charge in [0.2, 0.25) is 0 Å². The molecule has 2 heterocycles. The maximum atomic E-state index is 12.8. The van der Waals surface area contributed by atoms with Gasteiger partial charge in [0, 0.05) is 5.56 Å². The molecule has 0 spiro atoms. The SMILES string of the molecule is Cc1ccccc1-n1c(SCN2C(=O)c3ccccc3C2=O)nnc1-c1ccc(C(C)(C)C)cc1. The summed E-state index contributed by atoms with van der Waals surface area (Å²) in [7, 11) is 0. The lowest BCUT2D eigenvalue weighted by Crippen LogP contribution is -2.29. The van der Waals surface area contributed by atoms with Crippen LogP contribution in [0, 0.1) is 6.92 Å². The number of nitrogens with zero attached hydrogens (tertiary/aromatic N) is 4. The highest BCUT2D eigenvalue weighted by Crippen LogP contribution is 2.33. The molecule has 5 rings (SSSR count). The van der Waals surface area contributed by atoms with Gasteiger partial charge in [0.1, 0.15) is 0 Å². The third-order valence-corrected chi connectivity index (χ3v) is 7.11. The molecule has 0 unspecified atom stereocenters. The summed E-state index contributed by atoms with van der Waals surface area (Å²) in [6.07, 6.45) is 0. The summed E-state index contributed by atoms with van der Waals surface area (Å²) >= 11 is 1.32. The highest BCUT2D eigenvalue weighted by atomic mass is 32.2. The van der Waals surface area contributed by atoms with Crippen LogP contribution in [0.5, 0.6) is 0 Å². The van der Waals surface area contributed by atoms with Crippen LogP contribution in [0.4, 0.5) is 0 Å². The van der Waals surface area contributed by atoms with E-state index in [4.69, 9.17) is 0 Å². The van der Waals surface area contributed by atoms with E-state index in [0.717, 1.165) is 16.8 Å². The maximum Gasteiger partial charge on any atom is 0.262 e. The second-order valence-electron chi connectivity index (χ2n) is 9.61. The van der Waals surface area contributed by atoms with Crippen LogP contribution >= 0.6 is 11.8 Å². The molecule has 4 aromatic rings. The highest BCUT2D eigenvalue weighted by Gasteiger charge is 2.35. The maximum absolute atomic E-state index is 12.8. The Hall–Kier alpha value is -3.71. The Morgan fingerprint density at radius 3 is 2.00 bits per heavy atom. The van der Waals surface area contributed by atoms with E-state index in [2.05, 4.69) is 55.2 Å². The lowest BCUT2D eigenvalue weighted by atomic mass is 9.87. The van der Waals surface area contributed by atoms with Gasteiger partial charge in [-0.3, -0.25) is 19.1 Å². The van der Waals surface area contributed by atoms with E-state index in [0.29, 0.717) is 22.1 Å². The molecule has 2 amide bonds. The Balaban J connectivity index is 1.50. The number of amides is 2. The summed E-state index contributed by atoms with van der Waals surface area (Å²) in [5.74, 6) is 0.306. The molecule has 0 aliphatic carbocycles. The minimum absolute atomic E-state index is 0.0512. The van der Waals surface area contributed by atoms with Crippen molar-refractivity contribution in [3.63, 3.8) is 0 Å². The van der Waals surface area contributed by atoms with Crippen LogP contribution in [0.15, 0.2) is 78.0 Å². The number of benzene rings is 3. The zero-order valence-corrected chi connectivity index (χ0v) is 21.0. The quantitative estimate of drug-likeness (QED) is 0.262. The molecule has 35 heavy (non-hydrogen) atoms. The summed E-state index contributed by atoms with van der Waals surface area (Å²) in [5.41, 5.74) is 5.15. The summed E-state index contributed by atoms with van der Waals surface area (Å²) in [6, 6.07) is 23.3. The van der Waals surface area contributed by atoms with E-state index in [9.17, 15) is 9.59 Å². The van der Waals surface area contributed by atoms with Crippen LogP contribution in [0.1, 0.15) is 52.6 Å². The minimum Gasteiger partial charge on any atom is -0.270 e. The summed E-state index contributed by atoms with van der Waals surface area (Å²) in [5, 5.41) is 9.61. The molecule has 0 saturated heterocycles. The number of carbonyl (C=O) groups is 2. The van der Waals surface area contributed by atoms with Crippen molar-refractivity contribution >= 4 is 23.6 Å². The van der Waals surface area contributed by atoms with Crippen LogP contribution < -0.4 is 0 Å². The number of para-hydroxylation sites is 1. The fourth-order valence-corrected chi connectivity index (χ4v) is 5.07. The molecule has 0 atom stereocenters. The second-order valence-corrected chi connectivity index (χ2v) is 10.5. The number of imide groups is 1. The number of fused-ring (bicyclic) bond motifs is 1. The van der Waals surface area contributed by atoms with Gasteiger partial charge in [-0.15, -0.1) is 10.2 Å². The monoisotopic (exact) mass is 482 g/mol. The largest absolute Gasteiger partial charge is 0.270 e. The van der Waals surface area contributed by atoms with Gasteiger partial charge in [-0.1, -0.05) is 87.1 Å². The van der Waals surface area contributed by atoms with Gasteiger partial charge >= 0.3 is 0 Å². The van der Waals surface area contributed by atoms with Crippen LogP contribution in [0.2, 0.25) is 0 Å². The fourth-order valence-electron chi connectivity index (χ4n) is 4.18. The number of rotatable bonds is 5. The van der Waals surface area contributed by atoms with Crippen LogP contribution in [0.3, 0.4) is 0 Å². The fraction of sp³-hybridized carbons (Fsp3) is 0.214. The number of aromatic nitrogens is 3. The molecular weight excluding hydrogens is 456 g/mol. The standard InChI is InChI=1S/C28H26N4O2S/c1-18-9-5-8-12-23(18)32-24(19-13-15-20(16-14-19)28(2,3)4)29-30-27(32)35-17-31-25(33)21-10-6-7-11-22(21)26(31)34/h5-16H,17H2,1-4H3. The molecule has 1 aliphatic heterocycles. The predicted octanol–water partition coefficient (Wildman–Crippen LogP) is 5.89. The van der Waals surface area contributed by atoms with E-state index in [1.54, 1.807) is 24.3 Å². The van der Waals surface area contributed by atoms with Gasteiger partial charge in [0.15, 0.2) is 11.0 Å². The Kier molecular flexibility index (Phi) is 5.81. The molecule has 0 N–H and O–H groups in total. The van der Waals surface area contributed by atoms with Crippen molar-refractivity contribution < 1.29 is 9.59 Å². The van der Waals surface area contributed by atoms with Crippen molar-refractivity contribution in [2.24, 2.45) is 0 Å². The van der Waals surface area contributed by atoms with E-state index in [-0.39, 0.29) is 23.1 Å². The molecule has 3 aromatic carbocycles. The van der Waals surface area contributed by atoms with E-state index < -0.39 is 0 Å². The van der Waals surface area contributed by atoms with Gasteiger partial charge in [-0.2, -0.15) is 0 Å². The van der Waals surface area contributed by atoms with Crippen molar-refractivity contribution in [2.75, 3.05) is 5.88 Å². The first kappa shape index (κ1) is 23.1. The number of carbonyl (C=O) groups excluding carboxylic acids is 2. The lowest BCUT2D eigenvalue weighted by Gasteiger charge is -2.19. The van der Waals surface area contributed by atoms with Crippen molar-refractivity contribution in [3.05, 3.63) is 95.1 Å². The third-order valence-electron chi connectivity index (χ3n) is 6.20. The molecule has 6 nitrogen and oxygen atoms in total. The summed E-state index contributed by atoms with van der Waals surface area (Å²) in [6.45, 7) is 8.60. The van der Waals surface area contributed by atoms with E-state index in [1.165, 1.54) is 22.2 Å². The summed E-state index contributed by atoms with van der Waals surface area (Å²) in [4.78, 5) is 26.9. The Morgan fingerprint density at radius 2 is 1.40 bits per heavy atom. The highest BCUT2D eigenvalue weighted by molar-refractivity contribution is 7.99. The van der Waals surface area contributed by atoms with E-state index in [1.807, 2.05) is 35.8 Å². The zero-order chi connectivity index (χ0) is 24.7. The smallest absolute Gasteiger partial charge is 0.262 e. The van der Waals surface area contributed by atoms with Crippen molar-refractivity contribution in [1.29, 1.82) is 0 Å². The molecule has 0 bridgehead atoms. The van der Waals surface area contributed by atoms with Crippen LogP contribution in [-0.4, -0.2) is 37.4 Å². The molecular formula is C28H26N4O2S. The Morgan fingerprint density at radius 1 is 0.800 bits per heavy atom. The van der Waals surface area contributed by atoms with Gasteiger partial charge < -0.3 is 0 Å². The minimum atomic E-state index is -0.280. The van der Waals surface area contributed by atoms with E-state index >= 15 is 0 Å². The molecule has 0 saturated carbocycles. The number of hydrogen-bond acceptors (Lipinski definition) is 5. The van der Waals surface area contributed by atoms with Gasteiger partial charge in [-0.05, 0) is 41.7 Å². The second kappa shape index (κ2) is 8.82. The summed E-state index contributed by atoms with van der Waals surface area (Å²) < 4.78 is 2.00. The van der Waals surface area contributed by atoms with Gasteiger partial charge in [0.05, 0.1) is 22.7 Å². The first-order valence-corrected chi connectivity index (χ1v) is 12.4. The van der Waals surface area contributed by atoms with Crippen molar-refractivity contribution in [1.82, 2.24) is 19.7 Å². The topological polar surface area (TPSA) is 68.1 Å². The van der Waals surface area contributed by atoms with Crippen LogP contribution in [-0.2, 0) is 5.41 Å². The number of hydrogen-bond donors (Lipinski definition) is 0. The zero-order valence-electron chi connectivity index (χ0n) is 20.1. The number of thioether (sulfide) groups is 1. The average Bonchev–Trinajstić information content (AvgIpc) is 3.37. The van der Waals surface area contributed by atoms with Gasteiger partial charge in [0.25, 0.3) is 11.8 Å². The third kappa shape index (κ3) is 4.17. The average molecular weight is 483 g/mol. The van der Waals surface area contributed by atoms with Crippen LogP contribution in [0.25, 0.3) is 17.1 Å². The first-order valence-electron chi connectivity index (χ1n) is 11.5.